The third-order valence-electron chi connectivity index (χ3n) is 5.00. The summed E-state index contributed by atoms with van der Waals surface area (Å²) in [5.41, 5.74) is 2.40. The topological polar surface area (TPSA) is 41.1 Å². The molecule has 4 nitrogen and oxygen atoms in total. The molecule has 0 aliphatic carbocycles. The van der Waals surface area contributed by atoms with Gasteiger partial charge in [-0.05, 0) is 62.3 Å². The molecule has 1 aromatic heterocycles. The molecule has 1 N–H and O–H groups in total. The first-order valence-corrected chi connectivity index (χ1v) is 9.74. The molecule has 0 bridgehead atoms. The minimum atomic E-state index is -0.157. The number of piperidine rings is 1. The van der Waals surface area contributed by atoms with E-state index in [0.717, 1.165) is 39.0 Å². The Hall–Kier alpha value is -2.01. The number of hydrogen-bond donors (Lipinski definition) is 1. The summed E-state index contributed by atoms with van der Waals surface area (Å²) in [6.45, 7) is 6.21. The highest BCUT2D eigenvalue weighted by Gasteiger charge is 2.20. The van der Waals surface area contributed by atoms with Crippen LogP contribution in [0.1, 0.15) is 43.7 Å². The van der Waals surface area contributed by atoms with Crippen molar-refractivity contribution in [1.29, 1.82) is 0 Å². The van der Waals surface area contributed by atoms with Gasteiger partial charge in [0.15, 0.2) is 0 Å². The molecule has 1 aromatic carbocycles. The van der Waals surface area contributed by atoms with Crippen molar-refractivity contribution in [2.45, 2.75) is 45.6 Å². The number of nitrogens with one attached hydrogen (secondary N) is 1. The van der Waals surface area contributed by atoms with Gasteiger partial charge in [-0.2, -0.15) is 0 Å². The largest absolute Gasteiger partial charge is 0.354 e. The van der Waals surface area contributed by atoms with Crippen LogP contribution in [0.25, 0.3) is 0 Å². The number of nitrogens with zero attached hydrogens (tertiary/aromatic N) is 3. The second-order valence-electron chi connectivity index (χ2n) is 7.25. The van der Waals surface area contributed by atoms with Crippen LogP contribution in [0.2, 0.25) is 0 Å². The van der Waals surface area contributed by atoms with Crippen molar-refractivity contribution in [2.24, 2.45) is 5.92 Å². The Kier molecular flexibility index (Phi) is 6.95. The number of benzene rings is 1. The van der Waals surface area contributed by atoms with E-state index in [4.69, 9.17) is 0 Å². The zero-order valence-corrected chi connectivity index (χ0v) is 15.6. The van der Waals surface area contributed by atoms with Gasteiger partial charge in [0.2, 0.25) is 5.95 Å². The molecule has 0 amide bonds. The van der Waals surface area contributed by atoms with Gasteiger partial charge < -0.3 is 5.32 Å². The average molecular weight is 356 g/mol. The molecule has 3 rings (SSSR count). The van der Waals surface area contributed by atoms with Crippen LogP contribution in [0, 0.1) is 11.7 Å². The predicted octanol–water partition coefficient (Wildman–Crippen LogP) is 4.28. The van der Waals surface area contributed by atoms with Gasteiger partial charge in [-0.3, -0.25) is 4.90 Å². The van der Waals surface area contributed by atoms with Crippen LogP contribution in [0.4, 0.5) is 10.3 Å². The number of aryl methyl sites for hydroxylation is 1. The van der Waals surface area contributed by atoms with Gasteiger partial charge in [-0.15, -0.1) is 0 Å². The molecular formula is C21H29FN4. The summed E-state index contributed by atoms with van der Waals surface area (Å²) < 4.78 is 13.0. The van der Waals surface area contributed by atoms with Crippen LogP contribution >= 0.6 is 0 Å². The summed E-state index contributed by atoms with van der Waals surface area (Å²) in [6, 6.07) is 6.92. The van der Waals surface area contributed by atoms with E-state index in [-0.39, 0.29) is 5.82 Å². The van der Waals surface area contributed by atoms with Crippen LogP contribution in [-0.2, 0) is 13.0 Å². The molecule has 26 heavy (non-hydrogen) atoms. The van der Waals surface area contributed by atoms with Gasteiger partial charge >= 0.3 is 0 Å². The van der Waals surface area contributed by atoms with Gasteiger partial charge in [0.25, 0.3) is 0 Å². The fourth-order valence-corrected chi connectivity index (χ4v) is 3.58. The molecule has 1 aliphatic rings. The summed E-state index contributed by atoms with van der Waals surface area (Å²) in [4.78, 5) is 11.3. The molecule has 5 heteroatoms. The third-order valence-corrected chi connectivity index (χ3v) is 5.00. The Labute approximate surface area is 155 Å². The molecular weight excluding hydrogens is 327 g/mol. The van der Waals surface area contributed by atoms with Gasteiger partial charge in [0.05, 0.1) is 0 Å². The van der Waals surface area contributed by atoms with E-state index >= 15 is 0 Å². The van der Waals surface area contributed by atoms with Crippen LogP contribution in [0.5, 0.6) is 0 Å². The molecule has 0 radical (unpaired) electrons. The smallest absolute Gasteiger partial charge is 0.222 e. The van der Waals surface area contributed by atoms with Crippen molar-refractivity contribution in [3.8, 4) is 0 Å². The molecule has 2 heterocycles. The van der Waals surface area contributed by atoms with Crippen LogP contribution in [0.3, 0.4) is 0 Å². The second kappa shape index (κ2) is 9.62. The molecule has 1 fully saturated rings. The van der Waals surface area contributed by atoms with Gasteiger partial charge in [-0.25, -0.2) is 14.4 Å². The summed E-state index contributed by atoms with van der Waals surface area (Å²) >= 11 is 0. The molecule has 2 aromatic rings. The minimum Gasteiger partial charge on any atom is -0.354 e. The van der Waals surface area contributed by atoms with E-state index < -0.39 is 0 Å². The monoisotopic (exact) mass is 356 g/mol. The van der Waals surface area contributed by atoms with E-state index in [1.54, 1.807) is 12.1 Å². The summed E-state index contributed by atoms with van der Waals surface area (Å²) in [5, 5.41) is 3.21. The fourth-order valence-electron chi connectivity index (χ4n) is 3.58. The van der Waals surface area contributed by atoms with E-state index in [1.165, 1.54) is 30.4 Å². The lowest BCUT2D eigenvalue weighted by Crippen LogP contribution is -2.35. The highest BCUT2D eigenvalue weighted by Crippen LogP contribution is 2.23. The highest BCUT2D eigenvalue weighted by molar-refractivity contribution is 5.24. The molecule has 1 aliphatic heterocycles. The van der Waals surface area contributed by atoms with Crippen molar-refractivity contribution in [3.05, 3.63) is 53.6 Å². The maximum Gasteiger partial charge on any atom is 0.222 e. The lowest BCUT2D eigenvalue weighted by Gasteiger charge is -2.32. The summed E-state index contributed by atoms with van der Waals surface area (Å²) in [5.74, 6) is 1.27. The first-order valence-electron chi connectivity index (χ1n) is 9.74. The highest BCUT2D eigenvalue weighted by atomic mass is 19.1. The number of halogens is 1. The lowest BCUT2D eigenvalue weighted by molar-refractivity contribution is 0.161. The third kappa shape index (κ3) is 5.77. The molecule has 1 saturated heterocycles. The molecule has 0 unspecified atom stereocenters. The Balaban J connectivity index is 1.46. The Morgan fingerprint density at radius 3 is 2.65 bits per heavy atom. The van der Waals surface area contributed by atoms with E-state index in [0.29, 0.717) is 11.9 Å². The van der Waals surface area contributed by atoms with Crippen molar-refractivity contribution >= 4 is 5.95 Å². The Bertz CT molecular complexity index is 657. The standard InChI is InChI=1S/C21H29FN4/c1-2-11-23-21-24-13-19(14-25-21)16-26-12-3-4-18(15-26)6-5-17-7-9-20(22)10-8-17/h7-10,13-14,18H,2-6,11-12,15-16H2,1H3,(H,23,24,25)/t18-/m0/s1. The minimum absolute atomic E-state index is 0.157. The first-order chi connectivity index (χ1) is 12.7. The predicted molar refractivity (Wildman–Crippen MR) is 104 cm³/mol. The fraction of sp³-hybridized carbons (Fsp3) is 0.524. The van der Waals surface area contributed by atoms with Crippen LogP contribution < -0.4 is 5.32 Å². The van der Waals surface area contributed by atoms with E-state index in [2.05, 4.69) is 27.1 Å². The van der Waals surface area contributed by atoms with E-state index in [1.807, 2.05) is 24.5 Å². The number of aromatic nitrogens is 2. The normalized spacial score (nSPS) is 18.0. The van der Waals surface area contributed by atoms with Crippen molar-refractivity contribution in [2.75, 3.05) is 25.0 Å². The average Bonchev–Trinajstić information content (AvgIpc) is 2.67. The van der Waals surface area contributed by atoms with Crippen LogP contribution in [-0.4, -0.2) is 34.5 Å². The quantitative estimate of drug-likeness (QED) is 0.766. The van der Waals surface area contributed by atoms with Crippen molar-refractivity contribution < 1.29 is 4.39 Å². The number of likely N-dealkylation sites (tertiary alicyclic amines) is 1. The maximum absolute atomic E-state index is 13.0. The first kappa shape index (κ1) is 18.8. The number of anilines is 1. The van der Waals surface area contributed by atoms with Crippen molar-refractivity contribution in [1.82, 2.24) is 14.9 Å². The maximum atomic E-state index is 13.0. The summed E-state index contributed by atoms with van der Waals surface area (Å²) in [7, 11) is 0. The van der Waals surface area contributed by atoms with Crippen molar-refractivity contribution in [3.63, 3.8) is 0 Å². The zero-order chi connectivity index (χ0) is 18.2. The molecule has 0 saturated carbocycles. The Morgan fingerprint density at radius 2 is 1.92 bits per heavy atom. The lowest BCUT2D eigenvalue weighted by atomic mass is 9.91. The summed E-state index contributed by atoms with van der Waals surface area (Å²) in [6.07, 6.45) is 9.66. The zero-order valence-electron chi connectivity index (χ0n) is 15.6. The van der Waals surface area contributed by atoms with Gasteiger partial charge in [0, 0.05) is 37.6 Å². The molecule has 0 spiro atoms. The van der Waals surface area contributed by atoms with Crippen LogP contribution in [0.15, 0.2) is 36.7 Å². The van der Waals surface area contributed by atoms with E-state index in [9.17, 15) is 4.39 Å². The number of hydrogen-bond acceptors (Lipinski definition) is 4. The van der Waals surface area contributed by atoms with Gasteiger partial charge in [-0.1, -0.05) is 19.1 Å². The number of rotatable bonds is 8. The van der Waals surface area contributed by atoms with Gasteiger partial charge in [0.1, 0.15) is 5.82 Å². The Morgan fingerprint density at radius 1 is 1.15 bits per heavy atom. The molecule has 140 valence electrons. The SMILES string of the molecule is CCCNc1ncc(CN2CCC[C@@H](CCc3ccc(F)cc3)C2)cn1. The molecule has 1 atom stereocenters. The second-order valence-corrected chi connectivity index (χ2v) is 7.25.